The van der Waals surface area contributed by atoms with Crippen molar-refractivity contribution in [1.82, 2.24) is 0 Å². The Bertz CT molecular complexity index is 651. The lowest BCUT2D eigenvalue weighted by atomic mass is 9.59. The van der Waals surface area contributed by atoms with Gasteiger partial charge in [0.25, 0.3) is 0 Å². The van der Waals surface area contributed by atoms with Crippen LogP contribution in [0.5, 0.6) is 0 Å². The standard InChI is InChI=1S/C22H32O5/c1-4-26-20(25)27-19-9-6-11-21(19,2)14-18(24)17-8-5-7-15-13-16(23)10-12-22(15,17)3/h10,12-13,17-19,24H,4-9,11,14H2,1-3H3/t17-,18+,19-,21-,22+/m1/s1. The van der Waals surface area contributed by atoms with Crippen LogP contribution in [0.4, 0.5) is 4.79 Å². The SMILES string of the molecule is CCOC(=O)O[C@@H]1CCC[C@]1(C)C[C@H](O)[C@H]1CCCC2=CC(=O)C=C[C@@]21C. The predicted molar refractivity (Wildman–Crippen MR) is 102 cm³/mol. The molecule has 0 radical (unpaired) electrons. The average molecular weight is 376 g/mol. The molecule has 3 rings (SSSR count). The van der Waals surface area contributed by atoms with Crippen LogP contribution in [0.2, 0.25) is 0 Å². The van der Waals surface area contributed by atoms with Crippen molar-refractivity contribution in [2.75, 3.05) is 6.61 Å². The molecule has 3 aliphatic carbocycles. The minimum Gasteiger partial charge on any atom is -0.435 e. The predicted octanol–water partition coefficient (Wildman–Crippen LogP) is 4.34. The maximum atomic E-state index is 11.8. The second-order valence-electron chi connectivity index (χ2n) is 8.79. The third-order valence-corrected chi connectivity index (χ3v) is 6.97. The first-order valence-electron chi connectivity index (χ1n) is 10.2. The second-order valence-corrected chi connectivity index (χ2v) is 8.79. The molecule has 0 bridgehead atoms. The molecular weight excluding hydrogens is 344 g/mol. The number of carbonyl (C=O) groups is 2. The Morgan fingerprint density at radius 2 is 2.11 bits per heavy atom. The minimum absolute atomic E-state index is 0.0447. The zero-order valence-corrected chi connectivity index (χ0v) is 16.7. The zero-order valence-electron chi connectivity index (χ0n) is 16.7. The number of rotatable bonds is 5. The van der Waals surface area contributed by atoms with Crippen LogP contribution in [-0.4, -0.2) is 35.9 Å². The van der Waals surface area contributed by atoms with Gasteiger partial charge in [-0.3, -0.25) is 4.79 Å². The number of carbonyl (C=O) groups excluding carboxylic acids is 2. The van der Waals surface area contributed by atoms with Gasteiger partial charge in [-0.25, -0.2) is 4.79 Å². The number of ether oxygens (including phenoxy) is 2. The third kappa shape index (κ3) is 3.98. The molecule has 5 atom stereocenters. The molecule has 0 unspecified atom stereocenters. The number of aliphatic hydroxyl groups is 1. The van der Waals surface area contributed by atoms with Crippen molar-refractivity contribution in [2.45, 2.75) is 77.9 Å². The van der Waals surface area contributed by atoms with Gasteiger partial charge in [0.15, 0.2) is 5.78 Å². The van der Waals surface area contributed by atoms with Crippen LogP contribution < -0.4 is 0 Å². The van der Waals surface area contributed by atoms with Crippen molar-refractivity contribution in [3.8, 4) is 0 Å². The van der Waals surface area contributed by atoms with Gasteiger partial charge >= 0.3 is 6.16 Å². The zero-order chi connectivity index (χ0) is 19.7. The largest absolute Gasteiger partial charge is 0.508 e. The van der Waals surface area contributed by atoms with Gasteiger partial charge in [0.2, 0.25) is 0 Å². The molecular formula is C22H32O5. The fourth-order valence-corrected chi connectivity index (χ4v) is 5.37. The van der Waals surface area contributed by atoms with Crippen LogP contribution in [0, 0.1) is 16.7 Å². The van der Waals surface area contributed by atoms with Gasteiger partial charge in [0, 0.05) is 10.8 Å². The van der Waals surface area contributed by atoms with E-state index >= 15 is 0 Å². The summed E-state index contributed by atoms with van der Waals surface area (Å²) in [5.41, 5.74) is 0.622. The summed E-state index contributed by atoms with van der Waals surface area (Å²) in [5.74, 6) is 0.116. The number of hydrogen-bond acceptors (Lipinski definition) is 5. The fraction of sp³-hybridized carbons (Fsp3) is 0.727. The molecule has 27 heavy (non-hydrogen) atoms. The van der Waals surface area contributed by atoms with E-state index in [1.807, 2.05) is 6.08 Å². The van der Waals surface area contributed by atoms with E-state index in [2.05, 4.69) is 13.8 Å². The first-order valence-corrected chi connectivity index (χ1v) is 10.2. The van der Waals surface area contributed by atoms with E-state index in [-0.39, 0.29) is 28.6 Å². The summed E-state index contributed by atoms with van der Waals surface area (Å²) in [6, 6.07) is 0. The Morgan fingerprint density at radius 1 is 1.33 bits per heavy atom. The van der Waals surface area contributed by atoms with Gasteiger partial charge in [-0.2, -0.15) is 0 Å². The molecule has 5 heteroatoms. The highest BCUT2D eigenvalue weighted by Gasteiger charge is 2.48. The lowest BCUT2D eigenvalue weighted by Crippen LogP contribution is -2.44. The molecule has 2 fully saturated rings. The summed E-state index contributed by atoms with van der Waals surface area (Å²) in [5, 5.41) is 11.2. The summed E-state index contributed by atoms with van der Waals surface area (Å²) in [6.07, 6.45) is 10.2. The Morgan fingerprint density at radius 3 is 2.85 bits per heavy atom. The number of aliphatic hydroxyl groups excluding tert-OH is 1. The highest BCUT2D eigenvalue weighted by Crippen LogP contribution is 2.52. The smallest absolute Gasteiger partial charge is 0.435 e. The van der Waals surface area contributed by atoms with Crippen molar-refractivity contribution >= 4 is 11.9 Å². The Hall–Kier alpha value is -1.62. The summed E-state index contributed by atoms with van der Waals surface area (Å²) in [7, 11) is 0. The van der Waals surface area contributed by atoms with Gasteiger partial charge in [0.05, 0.1) is 12.7 Å². The molecule has 0 aromatic rings. The third-order valence-electron chi connectivity index (χ3n) is 6.97. The molecule has 0 amide bonds. The van der Waals surface area contributed by atoms with Crippen molar-refractivity contribution in [3.63, 3.8) is 0 Å². The van der Waals surface area contributed by atoms with Crippen LogP contribution in [0.1, 0.15) is 65.7 Å². The van der Waals surface area contributed by atoms with E-state index in [0.717, 1.165) is 44.1 Å². The summed E-state index contributed by atoms with van der Waals surface area (Å²) in [6.45, 7) is 6.30. The Kier molecular flexibility index (Phi) is 5.80. The summed E-state index contributed by atoms with van der Waals surface area (Å²) < 4.78 is 10.5. The van der Waals surface area contributed by atoms with E-state index in [9.17, 15) is 14.7 Å². The second kappa shape index (κ2) is 7.78. The maximum Gasteiger partial charge on any atom is 0.508 e. The molecule has 150 valence electrons. The van der Waals surface area contributed by atoms with E-state index in [1.54, 1.807) is 19.1 Å². The molecule has 2 saturated carbocycles. The van der Waals surface area contributed by atoms with E-state index in [1.165, 1.54) is 0 Å². The Balaban J connectivity index is 1.72. The van der Waals surface area contributed by atoms with Gasteiger partial charge in [-0.05, 0) is 69.9 Å². The molecule has 5 nitrogen and oxygen atoms in total. The minimum atomic E-state index is -0.617. The molecule has 1 N–H and O–H groups in total. The Labute approximate surface area is 161 Å². The topological polar surface area (TPSA) is 72.8 Å². The molecule has 0 aromatic carbocycles. The van der Waals surface area contributed by atoms with Crippen molar-refractivity contribution in [3.05, 3.63) is 23.8 Å². The van der Waals surface area contributed by atoms with E-state index in [4.69, 9.17) is 9.47 Å². The van der Waals surface area contributed by atoms with Crippen LogP contribution in [0.25, 0.3) is 0 Å². The normalized spacial score (nSPS) is 36.7. The van der Waals surface area contributed by atoms with E-state index in [0.29, 0.717) is 13.0 Å². The molecule has 0 heterocycles. The molecule has 0 aromatic heterocycles. The van der Waals surface area contributed by atoms with Gasteiger partial charge < -0.3 is 14.6 Å². The first-order chi connectivity index (χ1) is 12.8. The number of allylic oxidation sites excluding steroid dienone is 4. The lowest BCUT2D eigenvalue weighted by molar-refractivity contribution is -0.111. The van der Waals surface area contributed by atoms with Crippen LogP contribution in [0.15, 0.2) is 23.8 Å². The van der Waals surface area contributed by atoms with Crippen LogP contribution in [0.3, 0.4) is 0 Å². The number of hydrogen-bond donors (Lipinski definition) is 1. The maximum absolute atomic E-state index is 11.8. The number of fused-ring (bicyclic) bond motifs is 1. The monoisotopic (exact) mass is 376 g/mol. The van der Waals surface area contributed by atoms with Gasteiger partial charge in [-0.1, -0.05) is 25.5 Å². The van der Waals surface area contributed by atoms with Crippen LogP contribution in [-0.2, 0) is 14.3 Å². The molecule has 3 aliphatic rings. The number of ketones is 1. The first kappa shape index (κ1) is 20.1. The highest BCUT2D eigenvalue weighted by atomic mass is 16.7. The van der Waals surface area contributed by atoms with Crippen molar-refractivity contribution < 1.29 is 24.2 Å². The fourth-order valence-electron chi connectivity index (χ4n) is 5.37. The molecule has 0 saturated heterocycles. The quantitative estimate of drug-likeness (QED) is 0.723. The van der Waals surface area contributed by atoms with Crippen LogP contribution >= 0.6 is 0 Å². The lowest BCUT2D eigenvalue weighted by Gasteiger charge is -2.46. The summed E-state index contributed by atoms with van der Waals surface area (Å²) >= 11 is 0. The average Bonchev–Trinajstić information content (AvgIpc) is 2.95. The van der Waals surface area contributed by atoms with E-state index < -0.39 is 12.3 Å². The van der Waals surface area contributed by atoms with Gasteiger partial charge in [0.1, 0.15) is 6.10 Å². The van der Waals surface area contributed by atoms with Crippen molar-refractivity contribution in [1.29, 1.82) is 0 Å². The van der Waals surface area contributed by atoms with Crippen molar-refractivity contribution in [2.24, 2.45) is 16.7 Å². The molecule has 0 spiro atoms. The summed E-state index contributed by atoms with van der Waals surface area (Å²) in [4.78, 5) is 23.6. The highest BCUT2D eigenvalue weighted by molar-refractivity contribution is 6.01. The molecule has 0 aliphatic heterocycles. The van der Waals surface area contributed by atoms with Gasteiger partial charge in [-0.15, -0.1) is 0 Å².